The Morgan fingerprint density at radius 2 is 1.74 bits per heavy atom. The molecule has 0 atom stereocenters. The summed E-state index contributed by atoms with van der Waals surface area (Å²) in [7, 11) is -7.50. The van der Waals surface area contributed by atoms with Crippen LogP contribution in [0.25, 0.3) is 0 Å². The average molecular weight is 411 g/mol. The average Bonchev–Trinajstić information content (AvgIpc) is 3.07. The molecular formula is C18H22N2O5S2. The summed E-state index contributed by atoms with van der Waals surface area (Å²) < 4.78 is 59.4. The van der Waals surface area contributed by atoms with E-state index < -0.39 is 20.0 Å². The molecule has 1 aliphatic rings. The summed E-state index contributed by atoms with van der Waals surface area (Å²) in [5.41, 5.74) is 1.65. The minimum atomic E-state index is -3.88. The molecule has 0 radical (unpaired) electrons. The van der Waals surface area contributed by atoms with Crippen LogP contribution in [0.5, 0.6) is 5.75 Å². The summed E-state index contributed by atoms with van der Waals surface area (Å²) in [6, 6.07) is 13.6. The Kier molecular flexibility index (Phi) is 5.73. The normalized spacial score (nSPS) is 14.2. The molecule has 2 aromatic carbocycles. The lowest BCUT2D eigenvalue weighted by Gasteiger charge is -2.19. The molecule has 3 rings (SSSR count). The maximum absolute atomic E-state index is 12.7. The van der Waals surface area contributed by atoms with E-state index in [-0.39, 0.29) is 22.9 Å². The van der Waals surface area contributed by atoms with Gasteiger partial charge in [-0.25, -0.2) is 21.6 Å². The summed E-state index contributed by atoms with van der Waals surface area (Å²) in [5, 5.41) is 0. The second-order valence-electron chi connectivity index (χ2n) is 6.04. The third kappa shape index (κ3) is 4.26. The van der Waals surface area contributed by atoms with Gasteiger partial charge in [-0.2, -0.15) is 0 Å². The molecule has 146 valence electrons. The lowest BCUT2D eigenvalue weighted by molar-refractivity contribution is 0.331. The molecule has 27 heavy (non-hydrogen) atoms. The number of sulfonamides is 2. The van der Waals surface area contributed by atoms with Crippen molar-refractivity contribution in [1.82, 2.24) is 4.72 Å². The van der Waals surface area contributed by atoms with Crippen LogP contribution in [0.15, 0.2) is 53.4 Å². The maximum Gasteiger partial charge on any atom is 0.244 e. The quantitative estimate of drug-likeness (QED) is 0.716. The van der Waals surface area contributed by atoms with Gasteiger partial charge in [0, 0.05) is 13.1 Å². The van der Waals surface area contributed by atoms with Crippen LogP contribution in [0.4, 0.5) is 5.69 Å². The van der Waals surface area contributed by atoms with Crippen LogP contribution < -0.4 is 13.8 Å². The highest BCUT2D eigenvalue weighted by Gasteiger charge is 2.29. The Balaban J connectivity index is 1.69. The van der Waals surface area contributed by atoms with Gasteiger partial charge in [0.1, 0.15) is 10.6 Å². The highest BCUT2D eigenvalue weighted by atomic mass is 32.2. The molecule has 0 fully saturated rings. The van der Waals surface area contributed by atoms with E-state index in [9.17, 15) is 16.8 Å². The van der Waals surface area contributed by atoms with Crippen molar-refractivity contribution in [3.63, 3.8) is 0 Å². The molecule has 0 amide bonds. The molecule has 0 spiro atoms. The molecule has 0 saturated heterocycles. The molecule has 9 heteroatoms. The maximum atomic E-state index is 12.7. The Hall–Kier alpha value is -2.10. The van der Waals surface area contributed by atoms with E-state index in [1.807, 2.05) is 12.1 Å². The van der Waals surface area contributed by atoms with Crippen molar-refractivity contribution in [3.8, 4) is 5.75 Å². The van der Waals surface area contributed by atoms with Crippen molar-refractivity contribution in [2.24, 2.45) is 0 Å². The monoisotopic (exact) mass is 410 g/mol. The molecule has 2 aromatic rings. The van der Waals surface area contributed by atoms with Gasteiger partial charge in [0.05, 0.1) is 18.0 Å². The molecule has 1 aliphatic heterocycles. The fraction of sp³-hybridized carbons (Fsp3) is 0.333. The van der Waals surface area contributed by atoms with Gasteiger partial charge in [-0.05, 0) is 37.1 Å². The van der Waals surface area contributed by atoms with E-state index in [1.54, 1.807) is 37.3 Å². The van der Waals surface area contributed by atoms with E-state index in [0.717, 1.165) is 5.56 Å². The zero-order chi connectivity index (χ0) is 19.5. The largest absolute Gasteiger partial charge is 0.492 e. The van der Waals surface area contributed by atoms with Gasteiger partial charge < -0.3 is 4.74 Å². The predicted molar refractivity (Wildman–Crippen MR) is 104 cm³/mol. The van der Waals surface area contributed by atoms with E-state index in [1.165, 1.54) is 10.4 Å². The summed E-state index contributed by atoms with van der Waals surface area (Å²) in [4.78, 5) is -0.00392. The van der Waals surface area contributed by atoms with Crippen molar-refractivity contribution in [1.29, 1.82) is 0 Å². The standard InChI is InChI=1S/C18H22N2O5S2/c1-2-25-17-9-5-6-10-18(17)27(23,24)19-12-14-26(21,22)20-13-11-15-7-3-4-8-16(15)20/h3-10,19H,2,11-14H2,1H3. The van der Waals surface area contributed by atoms with Crippen molar-refractivity contribution < 1.29 is 21.6 Å². The molecule has 0 saturated carbocycles. The Labute approximate surface area is 160 Å². The van der Waals surface area contributed by atoms with Gasteiger partial charge in [0.2, 0.25) is 20.0 Å². The van der Waals surface area contributed by atoms with Crippen LogP contribution in [0.3, 0.4) is 0 Å². The summed E-state index contributed by atoms with van der Waals surface area (Å²) in [6.07, 6.45) is 0.656. The number of para-hydroxylation sites is 2. The highest BCUT2D eigenvalue weighted by molar-refractivity contribution is 7.93. The predicted octanol–water partition coefficient (Wildman–Crippen LogP) is 1.76. The Morgan fingerprint density at radius 1 is 1.04 bits per heavy atom. The number of nitrogens with one attached hydrogen (secondary N) is 1. The first kappa shape index (κ1) is 19.7. The van der Waals surface area contributed by atoms with Crippen LogP contribution >= 0.6 is 0 Å². The van der Waals surface area contributed by atoms with Crippen LogP contribution in [0, 0.1) is 0 Å². The third-order valence-electron chi connectivity index (χ3n) is 4.27. The molecule has 0 aromatic heterocycles. The zero-order valence-corrected chi connectivity index (χ0v) is 16.6. The number of anilines is 1. The van der Waals surface area contributed by atoms with Gasteiger partial charge >= 0.3 is 0 Å². The fourth-order valence-corrected chi connectivity index (χ4v) is 5.77. The van der Waals surface area contributed by atoms with Crippen LogP contribution in [-0.4, -0.2) is 42.3 Å². The number of rotatable bonds is 8. The number of nitrogens with zero attached hydrogens (tertiary/aromatic N) is 1. The van der Waals surface area contributed by atoms with Gasteiger partial charge in [-0.3, -0.25) is 4.31 Å². The van der Waals surface area contributed by atoms with E-state index in [4.69, 9.17) is 4.74 Å². The minimum Gasteiger partial charge on any atom is -0.492 e. The van der Waals surface area contributed by atoms with Crippen molar-refractivity contribution >= 4 is 25.7 Å². The lowest BCUT2D eigenvalue weighted by Crippen LogP contribution is -2.37. The molecule has 0 aliphatic carbocycles. The third-order valence-corrected chi connectivity index (χ3v) is 7.54. The second kappa shape index (κ2) is 7.87. The van der Waals surface area contributed by atoms with E-state index in [2.05, 4.69) is 4.72 Å². The number of benzene rings is 2. The smallest absolute Gasteiger partial charge is 0.244 e. The molecular weight excluding hydrogens is 388 g/mol. The van der Waals surface area contributed by atoms with Gasteiger partial charge in [-0.15, -0.1) is 0 Å². The lowest BCUT2D eigenvalue weighted by atomic mass is 10.2. The van der Waals surface area contributed by atoms with Crippen molar-refractivity contribution in [3.05, 3.63) is 54.1 Å². The number of hydrogen-bond donors (Lipinski definition) is 1. The Bertz CT molecular complexity index is 1020. The van der Waals surface area contributed by atoms with E-state index in [0.29, 0.717) is 25.3 Å². The minimum absolute atomic E-state index is 0.00392. The van der Waals surface area contributed by atoms with Crippen molar-refractivity contribution in [2.75, 3.05) is 29.8 Å². The van der Waals surface area contributed by atoms with Gasteiger partial charge in [0.15, 0.2) is 0 Å². The number of hydrogen-bond acceptors (Lipinski definition) is 5. The first-order chi connectivity index (χ1) is 12.8. The highest BCUT2D eigenvalue weighted by Crippen LogP contribution is 2.30. The molecule has 1 N–H and O–H groups in total. The second-order valence-corrected chi connectivity index (χ2v) is 9.79. The van der Waals surface area contributed by atoms with Gasteiger partial charge in [0.25, 0.3) is 0 Å². The summed E-state index contributed by atoms with van der Waals surface area (Å²) in [5.74, 6) is -0.0824. The van der Waals surface area contributed by atoms with Crippen LogP contribution in [0.2, 0.25) is 0 Å². The summed E-state index contributed by atoms with van der Waals surface area (Å²) in [6.45, 7) is 2.25. The molecule has 7 nitrogen and oxygen atoms in total. The van der Waals surface area contributed by atoms with Crippen LogP contribution in [0.1, 0.15) is 12.5 Å². The molecule has 0 unspecified atom stereocenters. The Morgan fingerprint density at radius 3 is 2.52 bits per heavy atom. The summed E-state index contributed by atoms with van der Waals surface area (Å²) >= 11 is 0. The van der Waals surface area contributed by atoms with Crippen LogP contribution in [-0.2, 0) is 26.5 Å². The zero-order valence-electron chi connectivity index (χ0n) is 15.0. The van der Waals surface area contributed by atoms with E-state index >= 15 is 0 Å². The fourth-order valence-electron chi connectivity index (χ4n) is 3.04. The first-order valence-corrected chi connectivity index (χ1v) is 11.7. The SMILES string of the molecule is CCOc1ccccc1S(=O)(=O)NCCS(=O)(=O)N1CCc2ccccc21. The first-order valence-electron chi connectivity index (χ1n) is 8.65. The molecule has 0 bridgehead atoms. The topological polar surface area (TPSA) is 92.8 Å². The van der Waals surface area contributed by atoms with Gasteiger partial charge in [-0.1, -0.05) is 30.3 Å². The van der Waals surface area contributed by atoms with Crippen molar-refractivity contribution in [2.45, 2.75) is 18.2 Å². The molecule has 1 heterocycles. The number of fused-ring (bicyclic) bond motifs is 1. The number of ether oxygens (including phenoxy) is 1.